The zero-order chi connectivity index (χ0) is 14.0. The van der Waals surface area contributed by atoms with Gasteiger partial charge < -0.3 is 5.32 Å². The number of nitrogens with one attached hydrogen (secondary N) is 1. The molecule has 1 amide bonds. The van der Waals surface area contributed by atoms with Crippen LogP contribution in [0.2, 0.25) is 5.02 Å². The van der Waals surface area contributed by atoms with Crippen molar-refractivity contribution in [2.45, 2.75) is 27.2 Å². The highest BCUT2D eigenvalue weighted by Crippen LogP contribution is 2.22. The summed E-state index contributed by atoms with van der Waals surface area (Å²) in [5, 5.41) is 4.49. The van der Waals surface area contributed by atoms with Gasteiger partial charge in [-0.2, -0.15) is 0 Å². The lowest BCUT2D eigenvalue weighted by molar-refractivity contribution is -0.115. The summed E-state index contributed by atoms with van der Waals surface area (Å²) < 4.78 is 0. The van der Waals surface area contributed by atoms with E-state index in [-0.39, 0.29) is 5.91 Å². The van der Waals surface area contributed by atoms with Gasteiger partial charge in [-0.3, -0.25) is 4.79 Å². The minimum absolute atomic E-state index is 0.0443. The molecule has 100 valence electrons. The van der Waals surface area contributed by atoms with Gasteiger partial charge in [0.05, 0.1) is 17.1 Å². The minimum atomic E-state index is -0.0443. The fraction of sp³-hybridized carbons (Fsp3) is 0.286. The van der Waals surface area contributed by atoms with Crippen LogP contribution in [0.5, 0.6) is 0 Å². The number of aryl methyl sites for hydroxylation is 3. The van der Waals surface area contributed by atoms with Crippen molar-refractivity contribution in [2.75, 3.05) is 5.32 Å². The Kier molecular flexibility index (Phi) is 4.22. The van der Waals surface area contributed by atoms with Gasteiger partial charge >= 0.3 is 0 Å². The number of hydrogen-bond acceptors (Lipinski definition) is 3. The molecule has 0 bridgehead atoms. The number of hydrogen-bond donors (Lipinski definition) is 1. The molecule has 1 N–H and O–H groups in total. The van der Waals surface area contributed by atoms with Gasteiger partial charge in [0.2, 0.25) is 5.91 Å². The molecule has 0 unspecified atom stereocenters. The standard InChI is InChI=1S/C14H15ClN2OS/c1-8-4-5-11(15)6-12(8)17-14(18)7-13-9(2)16-10(3)19-13/h4-6H,7H2,1-3H3,(H,17,18). The number of nitrogens with zero attached hydrogens (tertiary/aromatic N) is 1. The van der Waals surface area contributed by atoms with E-state index in [0.29, 0.717) is 11.4 Å². The van der Waals surface area contributed by atoms with E-state index in [1.165, 1.54) is 0 Å². The van der Waals surface area contributed by atoms with Gasteiger partial charge in [-0.15, -0.1) is 11.3 Å². The Balaban J connectivity index is 2.09. The molecule has 1 aromatic carbocycles. The van der Waals surface area contributed by atoms with Crippen molar-refractivity contribution in [3.8, 4) is 0 Å². The quantitative estimate of drug-likeness (QED) is 0.933. The molecule has 2 rings (SSSR count). The number of carbonyl (C=O) groups is 1. The first kappa shape index (κ1) is 14.0. The first-order valence-corrected chi connectivity index (χ1v) is 7.14. The third-order valence-corrected chi connectivity index (χ3v) is 4.10. The van der Waals surface area contributed by atoms with Crippen molar-refractivity contribution in [1.82, 2.24) is 4.98 Å². The minimum Gasteiger partial charge on any atom is -0.325 e. The summed E-state index contributed by atoms with van der Waals surface area (Å²) in [5.74, 6) is -0.0443. The SMILES string of the molecule is Cc1nc(C)c(CC(=O)Nc2cc(Cl)ccc2C)s1. The molecule has 0 atom stereocenters. The van der Waals surface area contributed by atoms with Crippen LogP contribution in [0.25, 0.3) is 0 Å². The Labute approximate surface area is 121 Å². The van der Waals surface area contributed by atoms with E-state index >= 15 is 0 Å². The lowest BCUT2D eigenvalue weighted by Gasteiger charge is -2.08. The first-order valence-electron chi connectivity index (χ1n) is 5.94. The van der Waals surface area contributed by atoms with Crippen LogP contribution < -0.4 is 5.32 Å². The molecular formula is C14H15ClN2OS. The molecule has 3 nitrogen and oxygen atoms in total. The molecule has 5 heteroatoms. The summed E-state index contributed by atoms with van der Waals surface area (Å²) in [5.41, 5.74) is 2.69. The summed E-state index contributed by atoms with van der Waals surface area (Å²) in [6.45, 7) is 5.81. The summed E-state index contributed by atoms with van der Waals surface area (Å²) >= 11 is 7.49. The largest absolute Gasteiger partial charge is 0.325 e. The van der Waals surface area contributed by atoms with E-state index in [2.05, 4.69) is 10.3 Å². The van der Waals surface area contributed by atoms with Crippen LogP contribution in [0, 0.1) is 20.8 Å². The number of aromatic nitrogens is 1. The maximum Gasteiger partial charge on any atom is 0.229 e. The molecule has 0 saturated heterocycles. The van der Waals surface area contributed by atoms with E-state index in [1.54, 1.807) is 17.4 Å². The van der Waals surface area contributed by atoms with Crippen molar-refractivity contribution in [1.29, 1.82) is 0 Å². The number of amides is 1. The van der Waals surface area contributed by atoms with Crippen molar-refractivity contribution in [2.24, 2.45) is 0 Å². The van der Waals surface area contributed by atoms with Gasteiger partial charge in [-0.25, -0.2) is 4.98 Å². The number of carbonyl (C=O) groups excluding carboxylic acids is 1. The van der Waals surface area contributed by atoms with Crippen LogP contribution in [-0.2, 0) is 11.2 Å². The molecule has 0 aliphatic rings. The molecule has 0 saturated carbocycles. The van der Waals surface area contributed by atoms with Gasteiger partial charge in [0.1, 0.15) is 0 Å². The lowest BCUT2D eigenvalue weighted by atomic mass is 10.2. The van der Waals surface area contributed by atoms with Crippen molar-refractivity contribution in [3.05, 3.63) is 44.4 Å². The summed E-state index contributed by atoms with van der Waals surface area (Å²) in [6.07, 6.45) is 0.350. The topological polar surface area (TPSA) is 42.0 Å². The molecule has 0 fully saturated rings. The average Bonchev–Trinajstić information content (AvgIpc) is 2.62. The van der Waals surface area contributed by atoms with E-state index in [1.807, 2.05) is 32.9 Å². The van der Waals surface area contributed by atoms with E-state index in [4.69, 9.17) is 11.6 Å². The predicted molar refractivity (Wildman–Crippen MR) is 80.1 cm³/mol. The zero-order valence-corrected chi connectivity index (χ0v) is 12.7. The number of anilines is 1. The molecule has 0 aliphatic carbocycles. The third-order valence-electron chi connectivity index (χ3n) is 2.79. The Morgan fingerprint density at radius 3 is 2.74 bits per heavy atom. The highest BCUT2D eigenvalue weighted by atomic mass is 35.5. The maximum absolute atomic E-state index is 12.0. The van der Waals surface area contributed by atoms with Crippen LogP contribution in [0.1, 0.15) is 21.1 Å². The Morgan fingerprint density at radius 1 is 1.37 bits per heavy atom. The van der Waals surface area contributed by atoms with E-state index in [9.17, 15) is 4.79 Å². The zero-order valence-electron chi connectivity index (χ0n) is 11.1. The predicted octanol–water partition coefficient (Wildman–Crippen LogP) is 3.90. The first-order chi connectivity index (χ1) is 8.95. The van der Waals surface area contributed by atoms with Crippen molar-refractivity contribution in [3.63, 3.8) is 0 Å². The number of rotatable bonds is 3. The maximum atomic E-state index is 12.0. The lowest BCUT2D eigenvalue weighted by Crippen LogP contribution is -2.15. The summed E-state index contributed by atoms with van der Waals surface area (Å²) in [7, 11) is 0. The second kappa shape index (κ2) is 5.72. The molecule has 2 aromatic rings. The molecule has 19 heavy (non-hydrogen) atoms. The number of benzene rings is 1. The number of thiazole rings is 1. The van der Waals surface area contributed by atoms with Gasteiger partial charge in [-0.1, -0.05) is 17.7 Å². The highest BCUT2D eigenvalue weighted by molar-refractivity contribution is 7.11. The fourth-order valence-electron chi connectivity index (χ4n) is 1.81. The molecular weight excluding hydrogens is 280 g/mol. The molecule has 0 aliphatic heterocycles. The van der Waals surface area contributed by atoms with Crippen LogP contribution in [-0.4, -0.2) is 10.9 Å². The second-order valence-electron chi connectivity index (χ2n) is 4.43. The van der Waals surface area contributed by atoms with Crippen LogP contribution >= 0.6 is 22.9 Å². The van der Waals surface area contributed by atoms with Gasteiger partial charge in [0, 0.05) is 15.6 Å². The number of halogens is 1. The molecule has 0 radical (unpaired) electrons. The summed E-state index contributed by atoms with van der Waals surface area (Å²) in [6, 6.07) is 5.46. The fourth-order valence-corrected chi connectivity index (χ4v) is 2.91. The van der Waals surface area contributed by atoms with Crippen LogP contribution in [0.15, 0.2) is 18.2 Å². The highest BCUT2D eigenvalue weighted by Gasteiger charge is 2.11. The third kappa shape index (κ3) is 3.55. The van der Waals surface area contributed by atoms with Crippen LogP contribution in [0.3, 0.4) is 0 Å². The van der Waals surface area contributed by atoms with Crippen molar-refractivity contribution >= 4 is 34.5 Å². The molecule has 1 heterocycles. The smallest absolute Gasteiger partial charge is 0.229 e. The monoisotopic (exact) mass is 294 g/mol. The second-order valence-corrected chi connectivity index (χ2v) is 6.15. The Bertz CT molecular complexity index is 622. The van der Waals surface area contributed by atoms with E-state index < -0.39 is 0 Å². The van der Waals surface area contributed by atoms with E-state index in [0.717, 1.165) is 26.8 Å². The van der Waals surface area contributed by atoms with Crippen LogP contribution in [0.4, 0.5) is 5.69 Å². The summed E-state index contributed by atoms with van der Waals surface area (Å²) in [4.78, 5) is 17.4. The molecule has 0 spiro atoms. The van der Waals surface area contributed by atoms with Crippen molar-refractivity contribution < 1.29 is 4.79 Å². The molecule has 1 aromatic heterocycles. The Hall–Kier alpha value is -1.39. The van der Waals surface area contributed by atoms with Gasteiger partial charge in [0.25, 0.3) is 0 Å². The van der Waals surface area contributed by atoms with Gasteiger partial charge in [-0.05, 0) is 38.5 Å². The Morgan fingerprint density at radius 2 is 2.11 bits per heavy atom. The van der Waals surface area contributed by atoms with Gasteiger partial charge in [0.15, 0.2) is 0 Å². The normalized spacial score (nSPS) is 10.5. The average molecular weight is 295 g/mol.